The minimum absolute atomic E-state index is 0.0970. The number of carbonyl (C=O) groups is 1. The highest BCUT2D eigenvalue weighted by molar-refractivity contribution is 5.76. The predicted molar refractivity (Wildman–Crippen MR) is 87.8 cm³/mol. The molecule has 8 nitrogen and oxygen atoms in total. The monoisotopic (exact) mass is 325 g/mol. The molecule has 1 aromatic carbocycles. The van der Waals surface area contributed by atoms with Gasteiger partial charge in [-0.05, 0) is 13.3 Å². The van der Waals surface area contributed by atoms with E-state index in [9.17, 15) is 4.79 Å². The van der Waals surface area contributed by atoms with E-state index in [1.165, 1.54) is 4.68 Å². The molecule has 0 unspecified atom stereocenters. The van der Waals surface area contributed by atoms with Gasteiger partial charge < -0.3 is 5.32 Å². The van der Waals surface area contributed by atoms with Crippen LogP contribution in [0.4, 0.5) is 0 Å². The van der Waals surface area contributed by atoms with Crippen molar-refractivity contribution in [2.75, 3.05) is 0 Å². The zero-order valence-corrected chi connectivity index (χ0v) is 13.6. The number of rotatable bonds is 6. The van der Waals surface area contributed by atoms with E-state index in [2.05, 4.69) is 30.8 Å². The zero-order chi connectivity index (χ0) is 16.9. The second kappa shape index (κ2) is 7.03. The molecule has 1 amide bonds. The van der Waals surface area contributed by atoms with Crippen LogP contribution in [-0.2, 0) is 11.3 Å². The Hall–Kier alpha value is -3.03. The molecule has 0 aliphatic carbocycles. The largest absolute Gasteiger partial charge is 0.344 e. The quantitative estimate of drug-likeness (QED) is 0.717. The second-order valence-corrected chi connectivity index (χ2v) is 5.47. The Balaban J connectivity index is 1.63. The van der Waals surface area contributed by atoms with Gasteiger partial charge in [0.05, 0.1) is 12.2 Å². The lowest BCUT2D eigenvalue weighted by Crippen LogP contribution is -2.32. The molecule has 0 aliphatic rings. The van der Waals surface area contributed by atoms with E-state index < -0.39 is 0 Å². The van der Waals surface area contributed by atoms with Gasteiger partial charge >= 0.3 is 0 Å². The number of aromatic nitrogens is 6. The summed E-state index contributed by atoms with van der Waals surface area (Å²) in [4.78, 5) is 16.5. The molecule has 0 spiro atoms. The van der Waals surface area contributed by atoms with E-state index in [0.29, 0.717) is 12.2 Å². The number of carbonyl (C=O) groups excluding carboxylic acids is 1. The van der Waals surface area contributed by atoms with E-state index in [0.717, 1.165) is 17.1 Å². The Morgan fingerprint density at radius 3 is 2.79 bits per heavy atom. The van der Waals surface area contributed by atoms with Crippen molar-refractivity contribution in [3.8, 4) is 11.3 Å². The summed E-state index contributed by atoms with van der Waals surface area (Å²) in [6.45, 7) is 3.89. The van der Waals surface area contributed by atoms with Gasteiger partial charge in [0.2, 0.25) is 5.91 Å². The van der Waals surface area contributed by atoms with Gasteiger partial charge in [-0.1, -0.05) is 42.5 Å². The zero-order valence-electron chi connectivity index (χ0n) is 13.6. The Kier molecular flexibility index (Phi) is 4.64. The number of amides is 1. The van der Waals surface area contributed by atoms with Crippen molar-refractivity contribution < 1.29 is 4.79 Å². The topological polar surface area (TPSA) is 101 Å². The molecule has 0 saturated heterocycles. The molecule has 2 aromatic heterocycles. The van der Waals surface area contributed by atoms with Gasteiger partial charge in [0.15, 0.2) is 5.82 Å². The van der Waals surface area contributed by atoms with Gasteiger partial charge in [0.25, 0.3) is 0 Å². The SMILES string of the molecule is CC[C@H](NC(=O)Cn1cc(-c2ccccc2)nn1)c1n[nH]c(C)n1. The Labute approximate surface area is 139 Å². The van der Waals surface area contributed by atoms with Crippen LogP contribution in [0, 0.1) is 6.92 Å². The smallest absolute Gasteiger partial charge is 0.242 e. The average molecular weight is 325 g/mol. The molecule has 0 saturated carbocycles. The first-order chi connectivity index (χ1) is 11.7. The summed E-state index contributed by atoms with van der Waals surface area (Å²) in [5.41, 5.74) is 1.70. The van der Waals surface area contributed by atoms with E-state index in [-0.39, 0.29) is 18.5 Å². The molecule has 1 atom stereocenters. The van der Waals surface area contributed by atoms with E-state index >= 15 is 0 Å². The number of aromatic amines is 1. The van der Waals surface area contributed by atoms with E-state index in [4.69, 9.17) is 0 Å². The Morgan fingerprint density at radius 2 is 2.12 bits per heavy atom. The highest BCUT2D eigenvalue weighted by atomic mass is 16.2. The molecular weight excluding hydrogens is 306 g/mol. The Bertz CT molecular complexity index is 809. The summed E-state index contributed by atoms with van der Waals surface area (Å²) in [5, 5.41) is 17.9. The lowest BCUT2D eigenvalue weighted by atomic mass is 10.2. The number of aryl methyl sites for hydroxylation is 1. The summed E-state index contributed by atoms with van der Waals surface area (Å²) >= 11 is 0. The minimum atomic E-state index is -0.223. The standard InChI is InChI=1S/C16H19N7O/c1-3-13(16-17-11(2)19-21-16)18-15(24)10-23-9-14(20-22-23)12-7-5-4-6-8-12/h4-9,13H,3,10H2,1-2H3,(H,18,24)(H,17,19,21)/t13-/m0/s1. The molecule has 124 valence electrons. The van der Waals surface area contributed by atoms with Crippen LogP contribution >= 0.6 is 0 Å². The normalized spacial score (nSPS) is 12.1. The molecule has 3 aromatic rings. The molecule has 2 N–H and O–H groups in total. The molecule has 0 aliphatic heterocycles. The number of nitrogens with zero attached hydrogens (tertiary/aromatic N) is 5. The molecule has 24 heavy (non-hydrogen) atoms. The summed E-state index contributed by atoms with van der Waals surface area (Å²) in [6, 6.07) is 9.49. The highest BCUT2D eigenvalue weighted by Crippen LogP contribution is 2.15. The molecule has 0 radical (unpaired) electrons. The van der Waals surface area contributed by atoms with Gasteiger partial charge in [-0.25, -0.2) is 9.67 Å². The third-order valence-electron chi connectivity index (χ3n) is 3.58. The van der Waals surface area contributed by atoms with Gasteiger partial charge in [-0.3, -0.25) is 9.89 Å². The van der Waals surface area contributed by atoms with Crippen LogP contribution in [-0.4, -0.2) is 36.1 Å². The maximum atomic E-state index is 12.2. The van der Waals surface area contributed by atoms with Crippen LogP contribution in [0.1, 0.15) is 31.0 Å². The molecule has 0 fully saturated rings. The average Bonchev–Trinajstić information content (AvgIpc) is 3.22. The number of nitrogens with one attached hydrogen (secondary N) is 2. The first-order valence-electron chi connectivity index (χ1n) is 7.79. The summed E-state index contributed by atoms with van der Waals surface area (Å²) < 4.78 is 1.52. The predicted octanol–water partition coefficient (Wildman–Crippen LogP) is 1.64. The van der Waals surface area contributed by atoms with E-state index in [1.807, 2.05) is 44.2 Å². The molecule has 2 heterocycles. The third-order valence-corrected chi connectivity index (χ3v) is 3.58. The molecule has 3 rings (SSSR count). The van der Waals surface area contributed by atoms with Crippen LogP contribution in [0.5, 0.6) is 0 Å². The van der Waals surface area contributed by atoms with Crippen LogP contribution < -0.4 is 5.32 Å². The molecular formula is C16H19N7O. The maximum Gasteiger partial charge on any atom is 0.242 e. The summed E-state index contributed by atoms with van der Waals surface area (Å²) in [6.07, 6.45) is 2.46. The maximum absolute atomic E-state index is 12.2. The number of benzene rings is 1. The van der Waals surface area contributed by atoms with E-state index in [1.54, 1.807) is 6.20 Å². The van der Waals surface area contributed by atoms with Crippen LogP contribution in [0.15, 0.2) is 36.5 Å². The number of hydrogen-bond donors (Lipinski definition) is 2. The molecule has 0 bridgehead atoms. The van der Waals surface area contributed by atoms with Crippen molar-refractivity contribution in [1.82, 2.24) is 35.5 Å². The van der Waals surface area contributed by atoms with Crippen molar-refractivity contribution >= 4 is 5.91 Å². The minimum Gasteiger partial charge on any atom is -0.344 e. The van der Waals surface area contributed by atoms with Crippen LogP contribution in [0.3, 0.4) is 0 Å². The highest BCUT2D eigenvalue weighted by Gasteiger charge is 2.17. The van der Waals surface area contributed by atoms with Crippen molar-refractivity contribution in [1.29, 1.82) is 0 Å². The fourth-order valence-electron chi connectivity index (χ4n) is 2.37. The van der Waals surface area contributed by atoms with Gasteiger partial charge in [0, 0.05) is 5.56 Å². The second-order valence-electron chi connectivity index (χ2n) is 5.47. The third kappa shape index (κ3) is 3.65. The first-order valence-corrected chi connectivity index (χ1v) is 7.79. The van der Waals surface area contributed by atoms with Crippen LogP contribution in [0.25, 0.3) is 11.3 Å². The van der Waals surface area contributed by atoms with Crippen molar-refractivity contribution in [2.45, 2.75) is 32.9 Å². The van der Waals surface area contributed by atoms with Crippen molar-refractivity contribution in [3.05, 3.63) is 48.2 Å². The number of hydrogen-bond acceptors (Lipinski definition) is 5. The molecule has 8 heteroatoms. The summed E-state index contributed by atoms with van der Waals surface area (Å²) in [5.74, 6) is 1.15. The number of H-pyrrole nitrogens is 1. The van der Waals surface area contributed by atoms with Gasteiger partial charge in [0.1, 0.15) is 18.1 Å². The summed E-state index contributed by atoms with van der Waals surface area (Å²) in [7, 11) is 0. The lowest BCUT2D eigenvalue weighted by Gasteiger charge is -2.13. The van der Waals surface area contributed by atoms with Crippen LogP contribution in [0.2, 0.25) is 0 Å². The lowest BCUT2D eigenvalue weighted by molar-refractivity contribution is -0.122. The fourth-order valence-corrected chi connectivity index (χ4v) is 2.37. The fraction of sp³-hybridized carbons (Fsp3) is 0.312. The Morgan fingerprint density at radius 1 is 1.33 bits per heavy atom. The van der Waals surface area contributed by atoms with Crippen molar-refractivity contribution in [2.24, 2.45) is 0 Å². The van der Waals surface area contributed by atoms with Gasteiger partial charge in [-0.15, -0.1) is 5.10 Å². The first kappa shape index (κ1) is 15.9. The van der Waals surface area contributed by atoms with Gasteiger partial charge in [-0.2, -0.15) is 5.10 Å². The van der Waals surface area contributed by atoms with Crippen molar-refractivity contribution in [3.63, 3.8) is 0 Å².